The minimum absolute atomic E-state index is 0.146. The molecule has 7 nitrogen and oxygen atoms in total. The summed E-state index contributed by atoms with van der Waals surface area (Å²) >= 11 is 0. The first-order valence-electron chi connectivity index (χ1n) is 7.63. The molecule has 3 aromatic rings. The van der Waals surface area contributed by atoms with Crippen molar-refractivity contribution in [3.8, 4) is 0 Å². The van der Waals surface area contributed by atoms with Gasteiger partial charge in [-0.2, -0.15) is 10.2 Å². The van der Waals surface area contributed by atoms with E-state index in [0.29, 0.717) is 18.2 Å². The van der Waals surface area contributed by atoms with E-state index in [-0.39, 0.29) is 5.91 Å². The molecule has 3 aromatic heterocycles. The molecule has 0 bridgehead atoms. The smallest absolute Gasteiger partial charge is 0.269 e. The number of carbonyl (C=O) groups excluding carboxylic acids is 1. The van der Waals surface area contributed by atoms with Gasteiger partial charge >= 0.3 is 0 Å². The number of pyridine rings is 1. The third-order valence-electron chi connectivity index (χ3n) is 3.59. The van der Waals surface area contributed by atoms with Gasteiger partial charge in [-0.1, -0.05) is 19.9 Å². The molecule has 3 rings (SSSR count). The Morgan fingerprint density at radius 2 is 2.17 bits per heavy atom. The monoisotopic (exact) mass is 312 g/mol. The van der Waals surface area contributed by atoms with E-state index in [1.54, 1.807) is 16.2 Å². The van der Waals surface area contributed by atoms with Gasteiger partial charge < -0.3 is 5.32 Å². The van der Waals surface area contributed by atoms with Crippen LogP contribution in [0, 0.1) is 5.92 Å². The SMILES string of the molecule is CC(C)Cc1cc(C(=O)NCc2cccc3ncnn23)n(C)n1. The van der Waals surface area contributed by atoms with Crippen molar-refractivity contribution in [1.29, 1.82) is 0 Å². The molecular formula is C16H20N6O. The van der Waals surface area contributed by atoms with Crippen LogP contribution in [0.4, 0.5) is 0 Å². The topological polar surface area (TPSA) is 77.1 Å². The number of nitrogens with zero attached hydrogens (tertiary/aromatic N) is 5. The van der Waals surface area contributed by atoms with Crippen LogP contribution in [-0.4, -0.2) is 30.3 Å². The Morgan fingerprint density at radius 1 is 1.35 bits per heavy atom. The maximum Gasteiger partial charge on any atom is 0.269 e. The highest BCUT2D eigenvalue weighted by Crippen LogP contribution is 2.09. The molecule has 23 heavy (non-hydrogen) atoms. The molecule has 0 aliphatic carbocycles. The third kappa shape index (κ3) is 3.23. The number of aryl methyl sites for hydroxylation is 1. The van der Waals surface area contributed by atoms with E-state index < -0.39 is 0 Å². The molecule has 0 radical (unpaired) electrons. The highest BCUT2D eigenvalue weighted by molar-refractivity contribution is 5.92. The maximum atomic E-state index is 12.4. The normalized spacial score (nSPS) is 11.3. The second-order valence-corrected chi connectivity index (χ2v) is 5.97. The molecule has 1 amide bonds. The van der Waals surface area contributed by atoms with Gasteiger partial charge in [0.15, 0.2) is 5.65 Å². The zero-order valence-corrected chi connectivity index (χ0v) is 13.5. The summed E-state index contributed by atoms with van der Waals surface area (Å²) in [6.07, 6.45) is 2.36. The Bertz CT molecular complexity index is 832. The van der Waals surface area contributed by atoms with Gasteiger partial charge in [-0.15, -0.1) is 0 Å². The van der Waals surface area contributed by atoms with E-state index >= 15 is 0 Å². The molecule has 1 N–H and O–H groups in total. The lowest BCUT2D eigenvalue weighted by Crippen LogP contribution is -2.26. The highest BCUT2D eigenvalue weighted by atomic mass is 16.2. The number of nitrogens with one attached hydrogen (secondary N) is 1. The number of rotatable bonds is 5. The Hall–Kier alpha value is -2.70. The molecule has 0 unspecified atom stereocenters. The van der Waals surface area contributed by atoms with Gasteiger partial charge in [0.05, 0.1) is 17.9 Å². The molecule has 0 saturated carbocycles. The lowest BCUT2D eigenvalue weighted by atomic mass is 10.1. The van der Waals surface area contributed by atoms with E-state index in [1.165, 1.54) is 6.33 Å². The van der Waals surface area contributed by atoms with Crippen LogP contribution in [0.15, 0.2) is 30.6 Å². The van der Waals surface area contributed by atoms with Crippen LogP contribution in [0.2, 0.25) is 0 Å². The number of fused-ring (bicyclic) bond motifs is 1. The summed E-state index contributed by atoms with van der Waals surface area (Å²) in [5, 5.41) is 11.5. The molecule has 0 aliphatic rings. The minimum Gasteiger partial charge on any atom is -0.345 e. The Kier molecular flexibility index (Phi) is 4.10. The van der Waals surface area contributed by atoms with Crippen molar-refractivity contribution in [1.82, 2.24) is 29.7 Å². The summed E-state index contributed by atoms with van der Waals surface area (Å²) in [4.78, 5) is 16.5. The van der Waals surface area contributed by atoms with E-state index in [2.05, 4.69) is 34.3 Å². The number of hydrogen-bond acceptors (Lipinski definition) is 4. The van der Waals surface area contributed by atoms with Crippen LogP contribution in [0.25, 0.3) is 5.65 Å². The first kappa shape index (κ1) is 15.2. The zero-order valence-electron chi connectivity index (χ0n) is 13.5. The van der Waals surface area contributed by atoms with Crippen LogP contribution < -0.4 is 5.32 Å². The van der Waals surface area contributed by atoms with E-state index in [4.69, 9.17) is 0 Å². The molecule has 0 aromatic carbocycles. The van der Waals surface area contributed by atoms with Gasteiger partial charge in [0.25, 0.3) is 5.91 Å². The summed E-state index contributed by atoms with van der Waals surface area (Å²) in [7, 11) is 1.79. The van der Waals surface area contributed by atoms with Crippen molar-refractivity contribution in [2.45, 2.75) is 26.8 Å². The summed E-state index contributed by atoms with van der Waals surface area (Å²) in [6.45, 7) is 4.64. The Morgan fingerprint density at radius 3 is 2.96 bits per heavy atom. The van der Waals surface area contributed by atoms with Crippen molar-refractivity contribution in [3.63, 3.8) is 0 Å². The Labute approximate surface area is 134 Å². The van der Waals surface area contributed by atoms with E-state index in [1.807, 2.05) is 24.3 Å². The molecule has 0 fully saturated rings. The predicted octanol–water partition coefficient (Wildman–Crippen LogP) is 1.59. The van der Waals surface area contributed by atoms with Crippen LogP contribution in [0.5, 0.6) is 0 Å². The van der Waals surface area contributed by atoms with Gasteiger partial charge in [0, 0.05) is 7.05 Å². The molecule has 120 valence electrons. The van der Waals surface area contributed by atoms with Gasteiger partial charge in [0.1, 0.15) is 12.0 Å². The first-order valence-corrected chi connectivity index (χ1v) is 7.63. The third-order valence-corrected chi connectivity index (χ3v) is 3.59. The zero-order chi connectivity index (χ0) is 16.4. The standard InChI is InChI=1S/C16H20N6O/c1-11(2)7-12-8-14(21(3)20-12)16(23)17-9-13-5-4-6-15-18-10-19-22(13)15/h4-6,8,10-11H,7,9H2,1-3H3,(H,17,23). The molecule has 0 aliphatic heterocycles. The van der Waals surface area contributed by atoms with Crippen LogP contribution >= 0.6 is 0 Å². The predicted molar refractivity (Wildman–Crippen MR) is 85.9 cm³/mol. The molecule has 0 saturated heterocycles. The summed E-state index contributed by atoms with van der Waals surface area (Å²) < 4.78 is 3.34. The average Bonchev–Trinajstić information content (AvgIpc) is 3.10. The fourth-order valence-corrected chi connectivity index (χ4v) is 2.55. The van der Waals surface area contributed by atoms with Gasteiger partial charge in [-0.25, -0.2) is 9.50 Å². The number of hydrogen-bond donors (Lipinski definition) is 1. The Balaban J connectivity index is 1.72. The van der Waals surface area contributed by atoms with E-state index in [9.17, 15) is 4.79 Å². The van der Waals surface area contributed by atoms with Crippen molar-refractivity contribution in [3.05, 3.63) is 47.7 Å². The average molecular weight is 312 g/mol. The lowest BCUT2D eigenvalue weighted by molar-refractivity contribution is 0.0940. The van der Waals surface area contributed by atoms with Gasteiger partial charge in [-0.05, 0) is 30.5 Å². The van der Waals surface area contributed by atoms with Crippen LogP contribution in [0.3, 0.4) is 0 Å². The fraction of sp³-hybridized carbons (Fsp3) is 0.375. The molecule has 7 heteroatoms. The van der Waals surface area contributed by atoms with Crippen LogP contribution in [-0.2, 0) is 20.0 Å². The van der Waals surface area contributed by atoms with Crippen molar-refractivity contribution < 1.29 is 4.79 Å². The van der Waals surface area contributed by atoms with Crippen molar-refractivity contribution >= 4 is 11.6 Å². The van der Waals surface area contributed by atoms with Crippen molar-refractivity contribution in [2.24, 2.45) is 13.0 Å². The number of aromatic nitrogens is 5. The second kappa shape index (κ2) is 6.20. The molecular weight excluding hydrogens is 292 g/mol. The minimum atomic E-state index is -0.146. The number of carbonyl (C=O) groups is 1. The second-order valence-electron chi connectivity index (χ2n) is 5.97. The molecule has 3 heterocycles. The summed E-state index contributed by atoms with van der Waals surface area (Å²) in [5.74, 6) is 0.359. The largest absolute Gasteiger partial charge is 0.345 e. The van der Waals surface area contributed by atoms with E-state index in [0.717, 1.165) is 23.5 Å². The highest BCUT2D eigenvalue weighted by Gasteiger charge is 2.14. The lowest BCUT2D eigenvalue weighted by Gasteiger charge is -2.06. The molecule has 0 spiro atoms. The first-order chi connectivity index (χ1) is 11.0. The summed E-state index contributed by atoms with van der Waals surface area (Å²) in [5.41, 5.74) is 3.13. The van der Waals surface area contributed by atoms with Gasteiger partial charge in [-0.3, -0.25) is 9.48 Å². The van der Waals surface area contributed by atoms with Crippen molar-refractivity contribution in [2.75, 3.05) is 0 Å². The fourth-order valence-electron chi connectivity index (χ4n) is 2.55. The van der Waals surface area contributed by atoms with Crippen LogP contribution in [0.1, 0.15) is 35.7 Å². The summed E-state index contributed by atoms with van der Waals surface area (Å²) in [6, 6.07) is 7.54. The maximum absolute atomic E-state index is 12.4. The quantitative estimate of drug-likeness (QED) is 0.776. The number of amides is 1. The van der Waals surface area contributed by atoms with Gasteiger partial charge in [0.2, 0.25) is 0 Å². The molecule has 0 atom stereocenters.